The van der Waals surface area contributed by atoms with E-state index in [-0.39, 0.29) is 49.2 Å². The zero-order chi connectivity index (χ0) is 29.1. The number of halogens is 1. The largest absolute Gasteiger partial charge is 0.462 e. The lowest BCUT2D eigenvalue weighted by Crippen LogP contribution is -2.48. The van der Waals surface area contributed by atoms with Gasteiger partial charge in [0.25, 0.3) is 5.91 Å². The van der Waals surface area contributed by atoms with Gasteiger partial charge in [-0.2, -0.15) is 4.31 Å². The molecule has 12 heteroatoms. The van der Waals surface area contributed by atoms with Gasteiger partial charge in [-0.25, -0.2) is 13.2 Å². The van der Waals surface area contributed by atoms with Gasteiger partial charge in [0, 0.05) is 43.2 Å². The number of hydrogen-bond donors (Lipinski definition) is 1. The Kier molecular flexibility index (Phi) is 10.4. The highest BCUT2D eigenvalue weighted by Crippen LogP contribution is 2.38. The Labute approximate surface area is 257 Å². The van der Waals surface area contributed by atoms with Gasteiger partial charge in [0.1, 0.15) is 5.00 Å². The van der Waals surface area contributed by atoms with Crippen LogP contribution in [0.15, 0.2) is 59.5 Å². The summed E-state index contributed by atoms with van der Waals surface area (Å²) < 4.78 is 38.8. The van der Waals surface area contributed by atoms with Gasteiger partial charge in [0.05, 0.1) is 29.3 Å². The van der Waals surface area contributed by atoms with Gasteiger partial charge in [-0.15, -0.1) is 23.7 Å². The van der Waals surface area contributed by atoms with E-state index >= 15 is 0 Å². The first-order chi connectivity index (χ1) is 19.7. The van der Waals surface area contributed by atoms with Crippen LogP contribution in [0.25, 0.3) is 0 Å². The minimum Gasteiger partial charge on any atom is -0.462 e. The van der Waals surface area contributed by atoms with Gasteiger partial charge in [-0.05, 0) is 62.6 Å². The Morgan fingerprint density at radius 1 is 1.05 bits per heavy atom. The molecule has 3 heterocycles. The number of thiophene rings is 1. The van der Waals surface area contributed by atoms with E-state index in [4.69, 9.17) is 9.47 Å². The summed E-state index contributed by atoms with van der Waals surface area (Å²) in [6.45, 7) is 8.48. The number of sulfonamides is 1. The number of hydrogen-bond acceptors (Lipinski definition) is 8. The summed E-state index contributed by atoms with van der Waals surface area (Å²) in [4.78, 5) is 29.7. The molecule has 2 atom stereocenters. The van der Waals surface area contributed by atoms with Crippen molar-refractivity contribution >= 4 is 50.6 Å². The predicted octanol–water partition coefficient (Wildman–Crippen LogP) is 4.96. The van der Waals surface area contributed by atoms with Gasteiger partial charge in [0.15, 0.2) is 0 Å². The number of anilines is 1. The second-order valence-electron chi connectivity index (χ2n) is 10.4. The molecule has 0 aliphatic carbocycles. The maximum atomic E-state index is 13.3. The van der Waals surface area contributed by atoms with Crippen molar-refractivity contribution in [3.8, 4) is 0 Å². The molecule has 0 saturated carbocycles. The Morgan fingerprint density at radius 2 is 1.71 bits per heavy atom. The molecular formula is C30H36ClN3O6S2. The van der Waals surface area contributed by atoms with Gasteiger partial charge in [0.2, 0.25) is 10.0 Å². The minimum absolute atomic E-state index is 0. The number of morpholine rings is 1. The first-order valence-electron chi connectivity index (χ1n) is 13.8. The highest BCUT2D eigenvalue weighted by atomic mass is 35.5. The molecule has 9 nitrogen and oxygen atoms in total. The summed E-state index contributed by atoms with van der Waals surface area (Å²) in [5.74, 6) is -0.875. The topological polar surface area (TPSA) is 105 Å². The van der Waals surface area contributed by atoms with Crippen molar-refractivity contribution in [1.82, 2.24) is 9.21 Å². The van der Waals surface area contributed by atoms with Crippen molar-refractivity contribution < 1.29 is 27.5 Å². The molecule has 1 amide bonds. The van der Waals surface area contributed by atoms with Crippen LogP contribution in [-0.4, -0.2) is 67.9 Å². The normalized spacial score (nSPS) is 19.4. The van der Waals surface area contributed by atoms with E-state index in [0.29, 0.717) is 29.1 Å². The lowest BCUT2D eigenvalue weighted by molar-refractivity contribution is -0.0440. The van der Waals surface area contributed by atoms with E-state index in [1.807, 2.05) is 32.0 Å². The Hall–Kier alpha value is -2.80. The molecular weight excluding hydrogens is 598 g/mol. The molecule has 1 fully saturated rings. The molecule has 3 aromatic rings. The molecule has 0 radical (unpaired) electrons. The van der Waals surface area contributed by atoms with Crippen molar-refractivity contribution in [2.45, 2.75) is 57.4 Å². The maximum Gasteiger partial charge on any atom is 0.341 e. The SMILES string of the molecule is CCOC(=O)c1c(NC(=O)c2ccc(S(=O)(=O)N3CC(C)OC(C)C3)cc2)sc2c1CCN(Cc1ccccc1)C2.Cl. The summed E-state index contributed by atoms with van der Waals surface area (Å²) in [5.41, 5.74) is 2.84. The van der Waals surface area contributed by atoms with Crippen LogP contribution in [0, 0.1) is 0 Å². The standard InChI is InChI=1S/C30H35N3O6S2.ClH/c1-4-38-30(35)27-25-14-15-32(18-22-8-6-5-7-9-22)19-26(25)40-29(27)31-28(34)23-10-12-24(13-11-23)41(36,37)33-16-20(2)39-21(3)17-33;/h5-13,20-21H,4,14-19H2,1-3H3,(H,31,34);1H. The molecule has 1 N–H and O–H groups in total. The van der Waals surface area contributed by atoms with Crippen molar-refractivity contribution in [2.75, 3.05) is 31.6 Å². The molecule has 2 aromatic carbocycles. The molecule has 2 aliphatic heterocycles. The van der Waals surface area contributed by atoms with Crippen molar-refractivity contribution in [3.05, 3.63) is 81.7 Å². The zero-order valence-electron chi connectivity index (χ0n) is 23.9. The van der Waals surface area contributed by atoms with E-state index in [1.165, 1.54) is 45.5 Å². The Balaban J connectivity index is 0.00000405. The number of carbonyl (C=O) groups excluding carboxylic acids is 2. The van der Waals surface area contributed by atoms with Crippen molar-refractivity contribution in [2.24, 2.45) is 0 Å². The average molecular weight is 634 g/mol. The minimum atomic E-state index is -3.73. The average Bonchev–Trinajstić information content (AvgIpc) is 3.30. The van der Waals surface area contributed by atoms with Crippen LogP contribution < -0.4 is 5.32 Å². The first kappa shape index (κ1) is 32.1. The number of nitrogens with one attached hydrogen (secondary N) is 1. The predicted molar refractivity (Wildman–Crippen MR) is 165 cm³/mol. The number of benzene rings is 2. The summed E-state index contributed by atoms with van der Waals surface area (Å²) >= 11 is 1.39. The van der Waals surface area contributed by atoms with E-state index in [0.717, 1.165) is 23.5 Å². The number of amides is 1. The van der Waals surface area contributed by atoms with Crippen LogP contribution in [0.3, 0.4) is 0 Å². The molecule has 0 spiro atoms. The molecule has 226 valence electrons. The molecule has 42 heavy (non-hydrogen) atoms. The summed E-state index contributed by atoms with van der Waals surface area (Å²) in [6.07, 6.45) is 0.275. The monoisotopic (exact) mass is 633 g/mol. The van der Waals surface area contributed by atoms with E-state index in [1.54, 1.807) is 6.92 Å². The third kappa shape index (κ3) is 7.04. The molecule has 2 aliphatic rings. The lowest BCUT2D eigenvalue weighted by Gasteiger charge is -2.34. The number of rotatable bonds is 8. The van der Waals surface area contributed by atoms with E-state index in [9.17, 15) is 18.0 Å². The third-order valence-electron chi connectivity index (χ3n) is 7.23. The Bertz CT molecular complexity index is 1500. The zero-order valence-corrected chi connectivity index (χ0v) is 26.3. The quantitative estimate of drug-likeness (QED) is 0.350. The van der Waals surface area contributed by atoms with Crippen LogP contribution in [0.4, 0.5) is 5.00 Å². The highest BCUT2D eigenvalue weighted by Gasteiger charge is 2.33. The molecule has 2 unspecified atom stereocenters. The second-order valence-corrected chi connectivity index (χ2v) is 13.5. The van der Waals surface area contributed by atoms with Crippen LogP contribution in [0.2, 0.25) is 0 Å². The Morgan fingerprint density at radius 3 is 2.36 bits per heavy atom. The number of nitrogens with zero attached hydrogens (tertiary/aromatic N) is 2. The number of esters is 1. The van der Waals surface area contributed by atoms with Crippen LogP contribution >= 0.6 is 23.7 Å². The fourth-order valence-electron chi connectivity index (χ4n) is 5.37. The number of carbonyl (C=O) groups is 2. The molecule has 5 rings (SSSR count). The molecule has 1 saturated heterocycles. The second kappa shape index (κ2) is 13.7. The molecule has 0 bridgehead atoms. The van der Waals surface area contributed by atoms with E-state index < -0.39 is 21.9 Å². The van der Waals surface area contributed by atoms with E-state index in [2.05, 4.69) is 22.3 Å². The number of ether oxygens (including phenoxy) is 2. The van der Waals surface area contributed by atoms with Crippen LogP contribution in [0.5, 0.6) is 0 Å². The third-order valence-corrected chi connectivity index (χ3v) is 10.2. The summed E-state index contributed by atoms with van der Waals surface area (Å²) in [6, 6.07) is 16.1. The first-order valence-corrected chi connectivity index (χ1v) is 16.1. The number of fused-ring (bicyclic) bond motifs is 1. The van der Waals surface area contributed by atoms with Crippen molar-refractivity contribution in [3.63, 3.8) is 0 Å². The highest BCUT2D eigenvalue weighted by molar-refractivity contribution is 7.89. The molecule has 1 aromatic heterocycles. The van der Waals surface area contributed by atoms with Crippen LogP contribution in [0.1, 0.15) is 57.5 Å². The summed E-state index contributed by atoms with van der Waals surface area (Å²) in [7, 11) is -3.73. The summed E-state index contributed by atoms with van der Waals surface area (Å²) in [5, 5.41) is 3.36. The van der Waals surface area contributed by atoms with Gasteiger partial charge in [-0.1, -0.05) is 30.3 Å². The van der Waals surface area contributed by atoms with Crippen LogP contribution in [-0.2, 0) is 39.0 Å². The van der Waals surface area contributed by atoms with Crippen molar-refractivity contribution in [1.29, 1.82) is 0 Å². The van der Waals surface area contributed by atoms with Gasteiger partial charge in [-0.3, -0.25) is 9.69 Å². The maximum absolute atomic E-state index is 13.3. The van der Waals surface area contributed by atoms with Gasteiger partial charge >= 0.3 is 5.97 Å². The fraction of sp³-hybridized carbons (Fsp3) is 0.400. The smallest absolute Gasteiger partial charge is 0.341 e. The lowest BCUT2D eigenvalue weighted by atomic mass is 10.0. The fourth-order valence-corrected chi connectivity index (χ4v) is 8.23. The van der Waals surface area contributed by atoms with Gasteiger partial charge < -0.3 is 14.8 Å².